The fraction of sp³-hybridized carbons (Fsp3) is 0.364. The van der Waals surface area contributed by atoms with Crippen LogP contribution in [-0.2, 0) is 6.42 Å². The molecule has 2 amide bonds. The van der Waals surface area contributed by atoms with Crippen molar-refractivity contribution in [1.29, 1.82) is 0 Å². The van der Waals surface area contributed by atoms with Crippen LogP contribution in [0.2, 0.25) is 0 Å². The third kappa shape index (κ3) is 2.15. The van der Waals surface area contributed by atoms with Gasteiger partial charge in [-0.1, -0.05) is 22.0 Å². The van der Waals surface area contributed by atoms with Crippen LogP contribution in [0, 0.1) is 0 Å². The van der Waals surface area contributed by atoms with Gasteiger partial charge in [-0.05, 0) is 36.1 Å². The minimum Gasteiger partial charge on any atom is -0.341 e. The molecule has 0 spiro atoms. The summed E-state index contributed by atoms with van der Waals surface area (Å²) < 4.78 is 1.10. The Morgan fingerprint density at radius 2 is 2.33 bits per heavy atom. The highest BCUT2D eigenvalue weighted by Gasteiger charge is 2.23. The van der Waals surface area contributed by atoms with Gasteiger partial charge in [0.05, 0.1) is 6.04 Å². The molecule has 1 aliphatic carbocycles. The minimum atomic E-state index is -0.115. The summed E-state index contributed by atoms with van der Waals surface area (Å²) in [6, 6.07) is 6.26. The fourth-order valence-corrected chi connectivity index (χ4v) is 2.37. The lowest BCUT2D eigenvalue weighted by atomic mass is 10.1. The predicted octanol–water partition coefficient (Wildman–Crippen LogP) is 2.37. The Labute approximate surface area is 97.4 Å². The second-order valence-electron chi connectivity index (χ2n) is 3.66. The maximum absolute atomic E-state index is 11.2. The highest BCUT2D eigenvalue weighted by molar-refractivity contribution is 9.10. The summed E-state index contributed by atoms with van der Waals surface area (Å²) in [5, 5.41) is 5.51. The molecule has 2 N–H and O–H groups in total. The largest absolute Gasteiger partial charge is 0.341 e. The molecule has 0 bridgehead atoms. The Hall–Kier alpha value is -1.03. The predicted molar refractivity (Wildman–Crippen MR) is 62.8 cm³/mol. The van der Waals surface area contributed by atoms with Crippen LogP contribution in [-0.4, -0.2) is 13.1 Å². The fourth-order valence-electron chi connectivity index (χ4n) is 1.97. The number of carbonyl (C=O) groups excluding carboxylic acids is 1. The van der Waals surface area contributed by atoms with Gasteiger partial charge in [-0.15, -0.1) is 0 Å². The molecule has 0 fully saturated rings. The molecular formula is C11H13BrN2O. The van der Waals surface area contributed by atoms with Crippen LogP contribution in [0.5, 0.6) is 0 Å². The van der Waals surface area contributed by atoms with E-state index in [4.69, 9.17) is 0 Å². The van der Waals surface area contributed by atoms with E-state index in [0.29, 0.717) is 0 Å². The standard InChI is InChI=1S/C11H13BrN2O/c1-13-11(15)14-10-5-2-7-6-8(12)3-4-9(7)10/h3-4,6,10H,2,5H2,1H3,(H2,13,14,15). The Morgan fingerprint density at radius 1 is 1.53 bits per heavy atom. The number of aryl methyl sites for hydroxylation is 1. The van der Waals surface area contributed by atoms with Crippen LogP contribution >= 0.6 is 15.9 Å². The smallest absolute Gasteiger partial charge is 0.315 e. The summed E-state index contributed by atoms with van der Waals surface area (Å²) in [6.07, 6.45) is 2.02. The number of carbonyl (C=O) groups is 1. The van der Waals surface area contributed by atoms with E-state index in [9.17, 15) is 4.79 Å². The van der Waals surface area contributed by atoms with Crippen LogP contribution in [0.4, 0.5) is 4.79 Å². The van der Waals surface area contributed by atoms with Crippen molar-refractivity contribution in [2.24, 2.45) is 0 Å². The Morgan fingerprint density at radius 3 is 3.07 bits per heavy atom. The quantitative estimate of drug-likeness (QED) is 0.807. The Balaban J connectivity index is 2.18. The number of hydrogen-bond acceptors (Lipinski definition) is 1. The number of benzene rings is 1. The van der Waals surface area contributed by atoms with Crippen molar-refractivity contribution in [3.8, 4) is 0 Å². The van der Waals surface area contributed by atoms with Crippen molar-refractivity contribution >= 4 is 22.0 Å². The number of urea groups is 1. The molecule has 2 rings (SSSR count). The van der Waals surface area contributed by atoms with E-state index in [-0.39, 0.29) is 12.1 Å². The van der Waals surface area contributed by atoms with Crippen molar-refractivity contribution in [3.05, 3.63) is 33.8 Å². The van der Waals surface area contributed by atoms with Gasteiger partial charge in [0, 0.05) is 11.5 Å². The van der Waals surface area contributed by atoms with E-state index in [2.05, 4.69) is 38.7 Å². The lowest BCUT2D eigenvalue weighted by molar-refractivity contribution is 0.239. The summed E-state index contributed by atoms with van der Waals surface area (Å²) in [7, 11) is 1.63. The van der Waals surface area contributed by atoms with Crippen LogP contribution in [0.25, 0.3) is 0 Å². The molecule has 1 atom stereocenters. The molecule has 1 aromatic carbocycles. The van der Waals surface area contributed by atoms with Crippen molar-refractivity contribution in [3.63, 3.8) is 0 Å². The number of amides is 2. The molecule has 4 heteroatoms. The van der Waals surface area contributed by atoms with E-state index in [1.54, 1.807) is 7.05 Å². The van der Waals surface area contributed by atoms with Gasteiger partial charge in [-0.2, -0.15) is 0 Å². The molecule has 1 aliphatic rings. The zero-order valence-electron chi connectivity index (χ0n) is 8.51. The number of hydrogen-bond donors (Lipinski definition) is 2. The highest BCUT2D eigenvalue weighted by Crippen LogP contribution is 2.32. The van der Waals surface area contributed by atoms with E-state index >= 15 is 0 Å². The number of halogens is 1. The van der Waals surface area contributed by atoms with Gasteiger partial charge in [0.2, 0.25) is 0 Å². The van der Waals surface area contributed by atoms with Gasteiger partial charge in [-0.3, -0.25) is 0 Å². The summed E-state index contributed by atoms with van der Waals surface area (Å²) in [6.45, 7) is 0. The van der Waals surface area contributed by atoms with Gasteiger partial charge in [0.25, 0.3) is 0 Å². The SMILES string of the molecule is CNC(=O)NC1CCc2cc(Br)ccc21. The minimum absolute atomic E-state index is 0.115. The van der Waals surface area contributed by atoms with E-state index in [1.807, 2.05) is 6.07 Å². The molecule has 0 saturated heterocycles. The summed E-state index contributed by atoms with van der Waals surface area (Å²) in [4.78, 5) is 11.2. The molecular weight excluding hydrogens is 256 g/mol. The molecule has 15 heavy (non-hydrogen) atoms. The topological polar surface area (TPSA) is 41.1 Å². The molecule has 0 saturated carbocycles. The highest BCUT2D eigenvalue weighted by atomic mass is 79.9. The first-order chi connectivity index (χ1) is 7.20. The van der Waals surface area contributed by atoms with Gasteiger partial charge >= 0.3 is 6.03 Å². The van der Waals surface area contributed by atoms with Crippen LogP contribution in [0.3, 0.4) is 0 Å². The average Bonchev–Trinajstić information content (AvgIpc) is 2.60. The zero-order chi connectivity index (χ0) is 10.8. The van der Waals surface area contributed by atoms with Crippen molar-refractivity contribution in [1.82, 2.24) is 10.6 Å². The summed E-state index contributed by atoms with van der Waals surface area (Å²) >= 11 is 3.45. The zero-order valence-corrected chi connectivity index (χ0v) is 10.1. The lowest BCUT2D eigenvalue weighted by Crippen LogP contribution is -2.34. The van der Waals surface area contributed by atoms with E-state index in [0.717, 1.165) is 17.3 Å². The first-order valence-corrected chi connectivity index (χ1v) is 5.76. The van der Waals surface area contributed by atoms with Crippen molar-refractivity contribution < 1.29 is 4.79 Å². The number of rotatable bonds is 1. The monoisotopic (exact) mass is 268 g/mol. The van der Waals surface area contributed by atoms with Gasteiger partial charge in [0.15, 0.2) is 0 Å². The molecule has 3 nitrogen and oxygen atoms in total. The maximum atomic E-state index is 11.2. The third-order valence-corrected chi connectivity index (χ3v) is 3.21. The first kappa shape index (κ1) is 10.5. The number of nitrogens with one attached hydrogen (secondary N) is 2. The molecule has 0 radical (unpaired) electrons. The van der Waals surface area contributed by atoms with Crippen molar-refractivity contribution in [2.45, 2.75) is 18.9 Å². The maximum Gasteiger partial charge on any atom is 0.315 e. The first-order valence-electron chi connectivity index (χ1n) is 4.97. The molecule has 1 aromatic rings. The van der Waals surface area contributed by atoms with E-state index < -0.39 is 0 Å². The van der Waals surface area contributed by atoms with Crippen molar-refractivity contribution in [2.75, 3.05) is 7.05 Å². The summed E-state index contributed by atoms with van der Waals surface area (Å²) in [5.74, 6) is 0. The Kier molecular flexibility index (Phi) is 2.95. The van der Waals surface area contributed by atoms with E-state index in [1.165, 1.54) is 11.1 Å². The molecule has 0 aliphatic heterocycles. The van der Waals surface area contributed by atoms with Crippen LogP contribution < -0.4 is 10.6 Å². The second-order valence-corrected chi connectivity index (χ2v) is 4.57. The van der Waals surface area contributed by atoms with Gasteiger partial charge < -0.3 is 10.6 Å². The molecule has 1 unspecified atom stereocenters. The molecule has 0 aromatic heterocycles. The molecule has 80 valence electrons. The van der Waals surface area contributed by atoms with Gasteiger partial charge in [0.1, 0.15) is 0 Å². The van der Waals surface area contributed by atoms with Crippen LogP contribution in [0.1, 0.15) is 23.6 Å². The van der Waals surface area contributed by atoms with Gasteiger partial charge in [-0.25, -0.2) is 4.79 Å². The lowest BCUT2D eigenvalue weighted by Gasteiger charge is -2.13. The average molecular weight is 269 g/mol. The Bertz CT molecular complexity index is 392. The normalized spacial score (nSPS) is 18.4. The summed E-state index contributed by atoms with van der Waals surface area (Å²) in [5.41, 5.74) is 2.56. The molecule has 0 heterocycles. The third-order valence-electron chi connectivity index (χ3n) is 2.72. The van der Waals surface area contributed by atoms with Crippen LogP contribution in [0.15, 0.2) is 22.7 Å². The second kappa shape index (κ2) is 4.23. The number of fused-ring (bicyclic) bond motifs is 1.